The smallest absolute Gasteiger partial charge is 0.246 e. The van der Waals surface area contributed by atoms with Crippen LogP contribution in [0.2, 0.25) is 0 Å². The van der Waals surface area contributed by atoms with Crippen molar-refractivity contribution in [3.05, 3.63) is 11.8 Å². The Bertz CT molecular complexity index is 689. The van der Waals surface area contributed by atoms with E-state index >= 15 is 0 Å². The summed E-state index contributed by atoms with van der Waals surface area (Å²) in [7, 11) is 1.74. The molecule has 0 spiro atoms. The zero-order valence-corrected chi connectivity index (χ0v) is 19.0. The van der Waals surface area contributed by atoms with Crippen molar-refractivity contribution in [1.29, 1.82) is 0 Å². The first kappa shape index (κ1) is 23.2. The molecule has 0 aliphatic carbocycles. The van der Waals surface area contributed by atoms with Gasteiger partial charge in [0.1, 0.15) is 0 Å². The molecule has 3 heterocycles. The Morgan fingerprint density at radius 2 is 1.97 bits per heavy atom. The molecule has 2 saturated heterocycles. The van der Waals surface area contributed by atoms with Crippen LogP contribution in [0.15, 0.2) is 10.6 Å². The maximum Gasteiger partial charge on any atom is 0.246 e. The molecule has 2 aliphatic rings. The lowest BCUT2D eigenvalue weighted by Gasteiger charge is -2.41. The highest BCUT2D eigenvalue weighted by molar-refractivity contribution is 5.96. The van der Waals surface area contributed by atoms with Gasteiger partial charge in [-0.05, 0) is 46.0 Å². The number of nitrogens with zero attached hydrogens (tertiary/aromatic N) is 2. The number of amides is 1. The van der Waals surface area contributed by atoms with E-state index in [-0.39, 0.29) is 23.7 Å². The van der Waals surface area contributed by atoms with Gasteiger partial charge in [-0.1, -0.05) is 19.0 Å². The van der Waals surface area contributed by atoms with E-state index in [0.29, 0.717) is 12.5 Å². The van der Waals surface area contributed by atoms with E-state index in [1.54, 1.807) is 13.2 Å². The molecule has 8 nitrogen and oxygen atoms in total. The number of piperidine rings is 1. The fourth-order valence-electron chi connectivity index (χ4n) is 3.93. The van der Waals surface area contributed by atoms with Gasteiger partial charge in [-0.25, -0.2) is 0 Å². The molecule has 30 heavy (non-hydrogen) atoms. The maximum absolute atomic E-state index is 13.0. The number of methoxy groups -OCH3 is 1. The van der Waals surface area contributed by atoms with E-state index in [0.717, 1.165) is 57.5 Å². The van der Waals surface area contributed by atoms with Gasteiger partial charge in [0.05, 0.1) is 23.9 Å². The first-order valence-corrected chi connectivity index (χ1v) is 11.0. The molecule has 1 aromatic rings. The summed E-state index contributed by atoms with van der Waals surface area (Å²) in [5.74, 6) is 0.252. The van der Waals surface area contributed by atoms with Crippen molar-refractivity contribution < 1.29 is 23.5 Å². The zero-order chi connectivity index (χ0) is 21.8. The van der Waals surface area contributed by atoms with Crippen molar-refractivity contribution in [3.8, 4) is 0 Å². The van der Waals surface area contributed by atoms with Crippen LogP contribution < -0.4 is 5.32 Å². The second-order valence-electron chi connectivity index (χ2n) is 9.50. The molecule has 0 bridgehead atoms. The monoisotopic (exact) mass is 423 g/mol. The van der Waals surface area contributed by atoms with E-state index in [1.165, 1.54) is 0 Å². The van der Waals surface area contributed by atoms with E-state index in [4.69, 9.17) is 18.7 Å². The lowest BCUT2D eigenvalue weighted by atomic mass is 9.90. The normalized spacial score (nSPS) is 22.2. The summed E-state index contributed by atoms with van der Waals surface area (Å²) in [4.78, 5) is 15.2. The van der Waals surface area contributed by atoms with Gasteiger partial charge in [-0.3, -0.25) is 15.0 Å². The van der Waals surface area contributed by atoms with Crippen LogP contribution in [0.3, 0.4) is 0 Å². The predicted octanol–water partition coefficient (Wildman–Crippen LogP) is 3.32. The number of rotatable bonds is 8. The SMILES string of the molecule is COC1CCN(C(C)(C)C(=O)Nc2cc(C(C)(C)COC3CCCCO3)no2)CC1. The van der Waals surface area contributed by atoms with Crippen LogP contribution in [0.1, 0.15) is 65.5 Å². The minimum Gasteiger partial charge on any atom is -0.381 e. The lowest BCUT2D eigenvalue weighted by Crippen LogP contribution is -2.55. The fourth-order valence-corrected chi connectivity index (χ4v) is 3.93. The minimum atomic E-state index is -0.650. The molecule has 1 amide bonds. The quantitative estimate of drug-likeness (QED) is 0.686. The maximum atomic E-state index is 13.0. The van der Waals surface area contributed by atoms with Gasteiger partial charge in [-0.15, -0.1) is 0 Å². The van der Waals surface area contributed by atoms with Gasteiger partial charge >= 0.3 is 0 Å². The van der Waals surface area contributed by atoms with Crippen molar-refractivity contribution >= 4 is 11.8 Å². The van der Waals surface area contributed by atoms with Gasteiger partial charge < -0.3 is 18.7 Å². The molecule has 170 valence electrons. The van der Waals surface area contributed by atoms with Crippen molar-refractivity contribution in [2.24, 2.45) is 0 Å². The lowest BCUT2D eigenvalue weighted by molar-refractivity contribution is -0.170. The number of anilines is 1. The molecular weight excluding hydrogens is 386 g/mol. The minimum absolute atomic E-state index is 0.106. The summed E-state index contributed by atoms with van der Waals surface area (Å²) >= 11 is 0. The van der Waals surface area contributed by atoms with Crippen molar-refractivity contribution in [1.82, 2.24) is 10.1 Å². The summed E-state index contributed by atoms with van der Waals surface area (Å²) in [6.45, 7) is 10.8. The van der Waals surface area contributed by atoms with E-state index in [9.17, 15) is 4.79 Å². The molecular formula is C22H37N3O5. The second kappa shape index (κ2) is 9.77. The summed E-state index contributed by atoms with van der Waals surface area (Å²) in [6.07, 6.45) is 5.14. The van der Waals surface area contributed by atoms with Crippen molar-refractivity contribution in [3.63, 3.8) is 0 Å². The molecule has 1 N–H and O–H groups in total. The Labute approximate surface area is 179 Å². The fraction of sp³-hybridized carbons (Fsp3) is 0.818. The number of carbonyl (C=O) groups is 1. The number of aromatic nitrogens is 1. The molecule has 2 fully saturated rings. The third kappa shape index (κ3) is 5.60. The first-order chi connectivity index (χ1) is 14.2. The van der Waals surface area contributed by atoms with Crippen LogP contribution in [-0.4, -0.2) is 67.3 Å². The standard InChI is InChI=1S/C22H37N3O5/c1-21(2,15-29-19-8-6-7-13-28-19)17-14-18(30-24-17)23-20(26)22(3,4)25-11-9-16(27-5)10-12-25/h14,16,19H,6-13,15H2,1-5H3,(H,23,26). The molecule has 0 saturated carbocycles. The van der Waals surface area contributed by atoms with Crippen molar-refractivity contribution in [2.45, 2.75) is 83.1 Å². The Morgan fingerprint density at radius 3 is 2.60 bits per heavy atom. The third-order valence-corrected chi connectivity index (χ3v) is 6.33. The number of carbonyl (C=O) groups excluding carboxylic acids is 1. The summed E-state index contributed by atoms with van der Waals surface area (Å²) in [5, 5.41) is 7.08. The van der Waals surface area contributed by atoms with Crippen LogP contribution in [-0.2, 0) is 24.4 Å². The highest BCUT2D eigenvalue weighted by Crippen LogP contribution is 2.28. The molecule has 0 radical (unpaired) electrons. The number of nitrogens with one attached hydrogen (secondary N) is 1. The van der Waals surface area contributed by atoms with Gasteiger partial charge in [-0.2, -0.15) is 0 Å². The van der Waals surface area contributed by atoms with E-state index in [1.807, 2.05) is 27.7 Å². The van der Waals surface area contributed by atoms with Gasteiger partial charge in [0.25, 0.3) is 0 Å². The predicted molar refractivity (Wildman–Crippen MR) is 113 cm³/mol. The summed E-state index contributed by atoms with van der Waals surface area (Å²) in [6, 6.07) is 1.79. The molecule has 1 unspecified atom stereocenters. The van der Waals surface area contributed by atoms with Crippen LogP contribution in [0.5, 0.6) is 0 Å². The van der Waals surface area contributed by atoms with Crippen LogP contribution >= 0.6 is 0 Å². The van der Waals surface area contributed by atoms with Crippen LogP contribution in [0.4, 0.5) is 5.88 Å². The number of ether oxygens (including phenoxy) is 3. The Balaban J connectivity index is 1.55. The number of hydrogen-bond donors (Lipinski definition) is 1. The van der Waals surface area contributed by atoms with E-state index < -0.39 is 5.54 Å². The Morgan fingerprint density at radius 1 is 1.23 bits per heavy atom. The zero-order valence-electron chi connectivity index (χ0n) is 19.0. The third-order valence-electron chi connectivity index (χ3n) is 6.33. The molecule has 1 aromatic heterocycles. The first-order valence-electron chi connectivity index (χ1n) is 11.0. The average Bonchev–Trinajstić information content (AvgIpc) is 3.22. The highest BCUT2D eigenvalue weighted by atomic mass is 16.7. The average molecular weight is 424 g/mol. The highest BCUT2D eigenvalue weighted by Gasteiger charge is 2.37. The van der Waals surface area contributed by atoms with Crippen LogP contribution in [0.25, 0.3) is 0 Å². The van der Waals surface area contributed by atoms with Crippen molar-refractivity contribution in [2.75, 3.05) is 38.7 Å². The number of hydrogen-bond acceptors (Lipinski definition) is 7. The number of likely N-dealkylation sites (tertiary alicyclic amines) is 1. The molecule has 0 aromatic carbocycles. The Kier molecular flexibility index (Phi) is 7.55. The van der Waals surface area contributed by atoms with Gasteiger partial charge in [0.2, 0.25) is 11.8 Å². The topological polar surface area (TPSA) is 86.1 Å². The van der Waals surface area contributed by atoms with Crippen LogP contribution in [0, 0.1) is 0 Å². The Hall–Kier alpha value is -1.48. The second-order valence-corrected chi connectivity index (χ2v) is 9.50. The molecule has 1 atom stereocenters. The van der Waals surface area contributed by atoms with Gasteiger partial charge in [0, 0.05) is 38.3 Å². The molecule has 2 aliphatic heterocycles. The molecule has 8 heteroatoms. The summed E-state index contributed by atoms with van der Waals surface area (Å²) < 4.78 is 22.4. The van der Waals surface area contributed by atoms with Gasteiger partial charge in [0.15, 0.2) is 6.29 Å². The molecule has 3 rings (SSSR count). The largest absolute Gasteiger partial charge is 0.381 e. The van der Waals surface area contributed by atoms with E-state index in [2.05, 4.69) is 15.4 Å². The summed E-state index contributed by atoms with van der Waals surface area (Å²) in [5.41, 5.74) is -0.264.